The summed E-state index contributed by atoms with van der Waals surface area (Å²) < 4.78 is 28.5. The van der Waals surface area contributed by atoms with Crippen molar-refractivity contribution in [2.75, 3.05) is 39.3 Å². The Morgan fingerprint density at radius 1 is 0.963 bits per heavy atom. The van der Waals surface area contributed by atoms with E-state index < -0.39 is 10.0 Å². The van der Waals surface area contributed by atoms with E-state index in [0.717, 1.165) is 70.4 Å². The summed E-state index contributed by atoms with van der Waals surface area (Å²) in [5.41, 5.74) is 1.08. The molecule has 1 saturated heterocycles. The summed E-state index contributed by atoms with van der Waals surface area (Å²) in [5, 5.41) is 3.35. The minimum atomic E-state index is -3.45. The molecule has 1 N–H and O–H groups in total. The van der Waals surface area contributed by atoms with Gasteiger partial charge in [0.2, 0.25) is 10.0 Å². The Bertz CT molecular complexity index is 634. The molecular formula is C21H37N3O2S. The standard InChI is InChI=1S/C21H37N3O2S/c1-4-15-23(16-5-2)17-6-18-24(20-11-13-22-14-12-20)27(25,26)21-9-7-19(3)8-10-21/h7-10,20,22H,4-6,11-18H2,1-3H3. The average Bonchev–Trinajstić information content (AvgIpc) is 2.66. The van der Waals surface area contributed by atoms with Gasteiger partial charge in [0.25, 0.3) is 0 Å². The topological polar surface area (TPSA) is 52.6 Å². The lowest BCUT2D eigenvalue weighted by Crippen LogP contribution is -2.47. The van der Waals surface area contributed by atoms with E-state index >= 15 is 0 Å². The van der Waals surface area contributed by atoms with Gasteiger partial charge in [0.05, 0.1) is 4.90 Å². The molecule has 1 aromatic carbocycles. The molecule has 0 aliphatic carbocycles. The van der Waals surface area contributed by atoms with Crippen LogP contribution in [0.3, 0.4) is 0 Å². The lowest BCUT2D eigenvalue weighted by atomic mass is 10.1. The fourth-order valence-electron chi connectivity index (χ4n) is 3.86. The van der Waals surface area contributed by atoms with Crippen molar-refractivity contribution in [1.29, 1.82) is 0 Å². The average molecular weight is 396 g/mol. The molecule has 6 heteroatoms. The first-order chi connectivity index (χ1) is 13.0. The molecule has 1 aliphatic heterocycles. The molecule has 0 spiro atoms. The molecule has 1 aromatic rings. The third kappa shape index (κ3) is 6.56. The highest BCUT2D eigenvalue weighted by Crippen LogP contribution is 2.23. The number of sulfonamides is 1. The molecule has 0 saturated carbocycles. The van der Waals surface area contributed by atoms with Crippen molar-refractivity contribution in [1.82, 2.24) is 14.5 Å². The largest absolute Gasteiger partial charge is 0.317 e. The van der Waals surface area contributed by atoms with Crippen LogP contribution in [0.1, 0.15) is 51.5 Å². The van der Waals surface area contributed by atoms with Crippen LogP contribution in [0.15, 0.2) is 29.2 Å². The predicted molar refractivity (Wildman–Crippen MR) is 113 cm³/mol. The maximum atomic E-state index is 13.4. The number of benzene rings is 1. The molecule has 0 aromatic heterocycles. The highest BCUT2D eigenvalue weighted by atomic mass is 32.2. The Labute approximate surface area is 166 Å². The second-order valence-electron chi connectivity index (χ2n) is 7.61. The maximum Gasteiger partial charge on any atom is 0.243 e. The van der Waals surface area contributed by atoms with Crippen molar-refractivity contribution in [2.45, 2.75) is 63.8 Å². The lowest BCUT2D eigenvalue weighted by Gasteiger charge is -2.34. The van der Waals surface area contributed by atoms with Gasteiger partial charge < -0.3 is 10.2 Å². The van der Waals surface area contributed by atoms with Crippen LogP contribution in [0.2, 0.25) is 0 Å². The van der Waals surface area contributed by atoms with Gasteiger partial charge in [0, 0.05) is 12.6 Å². The van der Waals surface area contributed by atoms with Crippen LogP contribution in [0.4, 0.5) is 0 Å². The van der Waals surface area contributed by atoms with Crippen molar-refractivity contribution < 1.29 is 8.42 Å². The van der Waals surface area contributed by atoms with E-state index in [1.165, 1.54) is 0 Å². The summed E-state index contributed by atoms with van der Waals surface area (Å²) in [5.74, 6) is 0. The van der Waals surface area contributed by atoms with E-state index in [4.69, 9.17) is 0 Å². The molecule has 0 bridgehead atoms. The monoisotopic (exact) mass is 395 g/mol. The van der Waals surface area contributed by atoms with Gasteiger partial charge in [0.1, 0.15) is 0 Å². The summed E-state index contributed by atoms with van der Waals surface area (Å²) in [7, 11) is -3.45. The van der Waals surface area contributed by atoms with Gasteiger partial charge in [-0.25, -0.2) is 8.42 Å². The van der Waals surface area contributed by atoms with E-state index in [9.17, 15) is 8.42 Å². The lowest BCUT2D eigenvalue weighted by molar-refractivity contribution is 0.228. The fraction of sp³-hybridized carbons (Fsp3) is 0.714. The molecule has 5 nitrogen and oxygen atoms in total. The highest BCUT2D eigenvalue weighted by molar-refractivity contribution is 7.89. The SMILES string of the molecule is CCCN(CCC)CCCN(C1CCNCC1)S(=O)(=O)c1ccc(C)cc1. The van der Waals surface area contributed by atoms with Gasteiger partial charge in [-0.2, -0.15) is 4.31 Å². The van der Waals surface area contributed by atoms with Crippen molar-refractivity contribution in [3.8, 4) is 0 Å². The first-order valence-corrected chi connectivity index (χ1v) is 11.9. The zero-order chi connectivity index (χ0) is 19.7. The Morgan fingerprint density at radius 2 is 1.56 bits per heavy atom. The van der Waals surface area contributed by atoms with Crippen LogP contribution in [-0.4, -0.2) is 62.9 Å². The number of piperidine rings is 1. The number of nitrogens with one attached hydrogen (secondary N) is 1. The van der Waals surface area contributed by atoms with Gasteiger partial charge in [-0.3, -0.25) is 0 Å². The normalized spacial score (nSPS) is 16.3. The molecular weight excluding hydrogens is 358 g/mol. The van der Waals surface area contributed by atoms with Gasteiger partial charge in [-0.15, -0.1) is 0 Å². The smallest absolute Gasteiger partial charge is 0.243 e. The third-order valence-corrected chi connectivity index (χ3v) is 7.24. The zero-order valence-corrected chi connectivity index (χ0v) is 18.1. The quantitative estimate of drug-likeness (QED) is 0.625. The molecule has 0 radical (unpaired) electrons. The summed E-state index contributed by atoms with van der Waals surface area (Å²) in [6.45, 7) is 11.9. The Balaban J connectivity index is 2.12. The minimum Gasteiger partial charge on any atom is -0.317 e. The molecule has 0 atom stereocenters. The molecule has 0 amide bonds. The first kappa shape index (κ1) is 22.3. The van der Waals surface area contributed by atoms with Crippen LogP contribution in [-0.2, 0) is 10.0 Å². The molecule has 1 heterocycles. The van der Waals surface area contributed by atoms with Crippen molar-refractivity contribution in [2.24, 2.45) is 0 Å². The molecule has 1 fully saturated rings. The maximum absolute atomic E-state index is 13.4. The van der Waals surface area contributed by atoms with E-state index in [-0.39, 0.29) is 6.04 Å². The Hall–Kier alpha value is -0.950. The third-order valence-electron chi connectivity index (χ3n) is 5.28. The Morgan fingerprint density at radius 3 is 2.11 bits per heavy atom. The molecule has 0 unspecified atom stereocenters. The first-order valence-electron chi connectivity index (χ1n) is 10.5. The van der Waals surface area contributed by atoms with Crippen LogP contribution < -0.4 is 5.32 Å². The van der Waals surface area contributed by atoms with E-state index in [1.807, 2.05) is 19.1 Å². The second-order valence-corrected chi connectivity index (χ2v) is 9.50. The minimum absolute atomic E-state index is 0.100. The van der Waals surface area contributed by atoms with Gasteiger partial charge >= 0.3 is 0 Å². The molecule has 27 heavy (non-hydrogen) atoms. The fourth-order valence-corrected chi connectivity index (χ4v) is 5.58. The van der Waals surface area contributed by atoms with E-state index in [0.29, 0.717) is 11.4 Å². The van der Waals surface area contributed by atoms with Crippen LogP contribution >= 0.6 is 0 Å². The molecule has 2 rings (SSSR count). The number of hydrogen-bond donors (Lipinski definition) is 1. The highest BCUT2D eigenvalue weighted by Gasteiger charge is 2.32. The second kappa shape index (κ2) is 11.1. The van der Waals surface area contributed by atoms with Crippen LogP contribution in [0.5, 0.6) is 0 Å². The van der Waals surface area contributed by atoms with Gasteiger partial charge in [-0.1, -0.05) is 31.5 Å². The number of nitrogens with zero attached hydrogens (tertiary/aromatic N) is 2. The number of hydrogen-bond acceptors (Lipinski definition) is 4. The predicted octanol–water partition coefficient (Wildman–Crippen LogP) is 3.25. The van der Waals surface area contributed by atoms with Gasteiger partial charge in [0.15, 0.2) is 0 Å². The number of aryl methyl sites for hydroxylation is 1. The van der Waals surface area contributed by atoms with Crippen molar-refractivity contribution in [3.05, 3.63) is 29.8 Å². The van der Waals surface area contributed by atoms with Crippen LogP contribution in [0, 0.1) is 6.92 Å². The van der Waals surface area contributed by atoms with E-state index in [1.54, 1.807) is 16.4 Å². The van der Waals surface area contributed by atoms with Crippen molar-refractivity contribution >= 4 is 10.0 Å². The van der Waals surface area contributed by atoms with Gasteiger partial charge in [-0.05, 0) is 83.9 Å². The summed E-state index contributed by atoms with van der Waals surface area (Å²) >= 11 is 0. The zero-order valence-electron chi connectivity index (χ0n) is 17.3. The molecule has 154 valence electrons. The van der Waals surface area contributed by atoms with Crippen LogP contribution in [0.25, 0.3) is 0 Å². The van der Waals surface area contributed by atoms with Crippen molar-refractivity contribution in [3.63, 3.8) is 0 Å². The summed E-state index contributed by atoms with van der Waals surface area (Å²) in [6.07, 6.45) is 4.94. The summed E-state index contributed by atoms with van der Waals surface area (Å²) in [4.78, 5) is 2.88. The van der Waals surface area contributed by atoms with E-state index in [2.05, 4.69) is 24.1 Å². The molecule has 1 aliphatic rings. The number of rotatable bonds is 11. The summed E-state index contributed by atoms with van der Waals surface area (Å²) in [6, 6.07) is 7.37. The Kier molecular flexibility index (Phi) is 9.22.